The maximum Gasteiger partial charge on any atom is 0.452 e. The zero-order chi connectivity index (χ0) is 32.6. The molecule has 0 aliphatic heterocycles. The van der Waals surface area contributed by atoms with Crippen molar-refractivity contribution in [1.29, 1.82) is 0 Å². The Balaban J connectivity index is 1.99. The van der Waals surface area contributed by atoms with Crippen LogP contribution >= 0.6 is 11.6 Å². The van der Waals surface area contributed by atoms with Crippen molar-refractivity contribution in [2.24, 2.45) is 5.92 Å². The molecule has 0 saturated carbocycles. The Kier molecular flexibility index (Phi) is 11.5. The van der Waals surface area contributed by atoms with Gasteiger partial charge in [-0.2, -0.15) is 13.2 Å². The molecule has 1 heterocycles. The quantitative estimate of drug-likeness (QED) is 0.270. The number of carbonyl (C=O) groups excluding carboxylic acids is 4. The van der Waals surface area contributed by atoms with Crippen LogP contribution in [0.2, 0.25) is 5.02 Å². The highest BCUT2D eigenvalue weighted by Crippen LogP contribution is 2.24. The number of nitrogens with zero attached hydrogens (tertiary/aromatic N) is 1. The van der Waals surface area contributed by atoms with Crippen LogP contribution in [0.5, 0.6) is 5.75 Å². The standard InChI is InChI=1S/C31H32ClF3N4O5/c1-17(2)24(27(40)31(33,34)35)38-30(43)26(20-10-6-12-22(16-20)44-4)39-28(41)23(15-19-9-5-11-21(32)14-19)37-29(42)25-18(3)8-7-13-36-25/h5-14,16-17,23-24,26H,15H2,1-4H3,(H,37,42)(H,38,43)(H,39,41)/t23-,24-,26+/m0/s1. The predicted molar refractivity (Wildman–Crippen MR) is 157 cm³/mol. The number of ether oxygens (including phenoxy) is 1. The summed E-state index contributed by atoms with van der Waals surface area (Å²) >= 11 is 6.13. The summed E-state index contributed by atoms with van der Waals surface area (Å²) < 4.78 is 45.2. The number of rotatable bonds is 12. The Morgan fingerprint density at radius 3 is 2.25 bits per heavy atom. The van der Waals surface area contributed by atoms with Gasteiger partial charge in [0.2, 0.25) is 11.8 Å². The molecule has 3 aromatic rings. The molecule has 0 unspecified atom stereocenters. The van der Waals surface area contributed by atoms with Crippen molar-refractivity contribution in [3.05, 3.63) is 94.3 Å². The lowest BCUT2D eigenvalue weighted by molar-refractivity contribution is -0.175. The highest BCUT2D eigenvalue weighted by Gasteiger charge is 2.45. The van der Waals surface area contributed by atoms with E-state index in [4.69, 9.17) is 16.3 Å². The molecular formula is C31H32ClF3N4O5. The molecule has 3 N–H and O–H groups in total. The molecule has 0 aliphatic rings. The van der Waals surface area contributed by atoms with Gasteiger partial charge < -0.3 is 20.7 Å². The number of halogens is 4. The van der Waals surface area contributed by atoms with Crippen molar-refractivity contribution in [3.63, 3.8) is 0 Å². The zero-order valence-corrected chi connectivity index (χ0v) is 25.1. The van der Waals surface area contributed by atoms with E-state index in [2.05, 4.69) is 20.9 Å². The van der Waals surface area contributed by atoms with Crippen LogP contribution in [0.3, 0.4) is 0 Å². The lowest BCUT2D eigenvalue weighted by Crippen LogP contribution is -2.55. The molecule has 3 amide bonds. The number of alkyl halides is 3. The van der Waals surface area contributed by atoms with E-state index >= 15 is 0 Å². The maximum absolute atomic E-state index is 13.8. The van der Waals surface area contributed by atoms with Crippen molar-refractivity contribution in [3.8, 4) is 5.75 Å². The van der Waals surface area contributed by atoms with E-state index < -0.39 is 53.7 Å². The highest BCUT2D eigenvalue weighted by molar-refractivity contribution is 6.30. The van der Waals surface area contributed by atoms with E-state index in [0.29, 0.717) is 21.9 Å². The Morgan fingerprint density at radius 2 is 1.64 bits per heavy atom. The van der Waals surface area contributed by atoms with E-state index in [1.807, 2.05) is 0 Å². The molecule has 0 saturated heterocycles. The number of amides is 3. The van der Waals surface area contributed by atoms with Crippen LogP contribution in [0.1, 0.15) is 47.1 Å². The number of aromatic nitrogens is 1. The second-order valence-corrected chi connectivity index (χ2v) is 10.8. The van der Waals surface area contributed by atoms with Crippen molar-refractivity contribution in [2.45, 2.75) is 51.5 Å². The second-order valence-electron chi connectivity index (χ2n) is 10.3. The largest absolute Gasteiger partial charge is 0.497 e. The molecular weight excluding hydrogens is 601 g/mol. The number of nitrogens with one attached hydrogen (secondary N) is 3. The summed E-state index contributed by atoms with van der Waals surface area (Å²) in [6, 6.07) is 11.1. The summed E-state index contributed by atoms with van der Waals surface area (Å²) in [5, 5.41) is 7.73. The average Bonchev–Trinajstić information content (AvgIpc) is 2.97. The molecule has 234 valence electrons. The van der Waals surface area contributed by atoms with Crippen LogP contribution in [0.25, 0.3) is 0 Å². The summed E-state index contributed by atoms with van der Waals surface area (Å²) in [5.41, 5.74) is 1.36. The molecule has 1 aromatic heterocycles. The summed E-state index contributed by atoms with van der Waals surface area (Å²) in [6.45, 7) is 4.37. The smallest absolute Gasteiger partial charge is 0.452 e. The van der Waals surface area contributed by atoms with Gasteiger partial charge >= 0.3 is 6.18 Å². The van der Waals surface area contributed by atoms with E-state index in [0.717, 1.165) is 0 Å². The summed E-state index contributed by atoms with van der Waals surface area (Å²) in [6.07, 6.45) is -3.84. The van der Waals surface area contributed by atoms with Gasteiger partial charge in [0.1, 0.15) is 23.5 Å². The summed E-state index contributed by atoms with van der Waals surface area (Å²) in [4.78, 5) is 56.7. The van der Waals surface area contributed by atoms with Gasteiger partial charge in [-0.15, -0.1) is 0 Å². The molecule has 9 nitrogen and oxygen atoms in total. The number of methoxy groups -OCH3 is 1. The fraction of sp³-hybridized carbons (Fsp3) is 0.323. The van der Waals surface area contributed by atoms with Gasteiger partial charge in [0.25, 0.3) is 11.7 Å². The van der Waals surface area contributed by atoms with Crippen LogP contribution < -0.4 is 20.7 Å². The molecule has 0 aliphatic carbocycles. The minimum atomic E-state index is -5.20. The number of carbonyl (C=O) groups is 4. The second kappa shape index (κ2) is 14.8. The Morgan fingerprint density at radius 1 is 0.932 bits per heavy atom. The van der Waals surface area contributed by atoms with Crippen LogP contribution in [-0.2, 0) is 20.8 Å². The van der Waals surface area contributed by atoms with E-state index in [1.54, 1.807) is 49.4 Å². The van der Waals surface area contributed by atoms with Crippen molar-refractivity contribution in [1.82, 2.24) is 20.9 Å². The molecule has 0 bridgehead atoms. The van der Waals surface area contributed by atoms with Crippen LogP contribution in [-0.4, -0.2) is 53.9 Å². The lowest BCUT2D eigenvalue weighted by atomic mass is 9.97. The van der Waals surface area contributed by atoms with E-state index in [9.17, 15) is 32.3 Å². The van der Waals surface area contributed by atoms with Gasteiger partial charge in [0.05, 0.1) is 13.2 Å². The molecule has 0 fully saturated rings. The van der Waals surface area contributed by atoms with Crippen LogP contribution in [0.15, 0.2) is 66.9 Å². The van der Waals surface area contributed by atoms with Crippen molar-refractivity contribution in [2.75, 3.05) is 7.11 Å². The number of Topliss-reactive ketones (excluding diaryl/α,β-unsaturated/α-hetero) is 1. The first-order chi connectivity index (χ1) is 20.7. The molecule has 13 heteroatoms. The summed E-state index contributed by atoms with van der Waals surface area (Å²) in [7, 11) is 1.37. The van der Waals surface area contributed by atoms with Gasteiger partial charge in [0, 0.05) is 17.6 Å². The average molecular weight is 633 g/mol. The molecule has 0 spiro atoms. The Hall–Kier alpha value is -4.45. The first kappa shape index (κ1) is 34.0. The minimum absolute atomic E-state index is 0.0579. The molecule has 44 heavy (non-hydrogen) atoms. The van der Waals surface area contributed by atoms with E-state index in [1.165, 1.54) is 45.4 Å². The van der Waals surface area contributed by atoms with Gasteiger partial charge in [0.15, 0.2) is 0 Å². The lowest BCUT2D eigenvalue weighted by Gasteiger charge is -2.27. The van der Waals surface area contributed by atoms with Gasteiger partial charge in [-0.25, -0.2) is 0 Å². The van der Waals surface area contributed by atoms with Crippen LogP contribution in [0.4, 0.5) is 13.2 Å². The van der Waals surface area contributed by atoms with Crippen molar-refractivity contribution < 1.29 is 37.1 Å². The third-order valence-corrected chi connectivity index (χ3v) is 6.91. The van der Waals surface area contributed by atoms with Crippen LogP contribution in [0, 0.1) is 12.8 Å². The molecule has 3 rings (SSSR count). The monoisotopic (exact) mass is 632 g/mol. The third kappa shape index (κ3) is 9.03. The fourth-order valence-corrected chi connectivity index (χ4v) is 4.58. The molecule has 2 aromatic carbocycles. The fourth-order valence-electron chi connectivity index (χ4n) is 4.37. The zero-order valence-electron chi connectivity index (χ0n) is 24.4. The number of pyridine rings is 1. The van der Waals surface area contributed by atoms with Crippen molar-refractivity contribution >= 4 is 35.1 Å². The Labute approximate surface area is 257 Å². The number of hydrogen-bond donors (Lipinski definition) is 3. The summed E-state index contributed by atoms with van der Waals surface area (Å²) in [5.74, 6) is -5.33. The first-order valence-corrected chi connectivity index (χ1v) is 13.9. The van der Waals surface area contributed by atoms with Gasteiger partial charge in [-0.05, 0) is 59.9 Å². The number of benzene rings is 2. The van der Waals surface area contributed by atoms with Gasteiger partial charge in [-0.1, -0.05) is 55.8 Å². The third-order valence-electron chi connectivity index (χ3n) is 6.68. The SMILES string of the molecule is COc1cccc([C@@H](NC(=O)[C@H](Cc2cccc(Cl)c2)NC(=O)c2ncccc2C)C(=O)N[C@H](C(=O)C(F)(F)F)C(C)C)c1. The number of aryl methyl sites for hydroxylation is 1. The highest BCUT2D eigenvalue weighted by atomic mass is 35.5. The number of ketones is 1. The normalized spacial score (nSPS) is 13.4. The minimum Gasteiger partial charge on any atom is -0.497 e. The topological polar surface area (TPSA) is 126 Å². The van der Waals surface area contributed by atoms with Gasteiger partial charge in [-0.3, -0.25) is 24.2 Å². The maximum atomic E-state index is 13.8. The first-order valence-electron chi connectivity index (χ1n) is 13.5. The Bertz CT molecular complexity index is 1520. The van der Waals surface area contributed by atoms with E-state index in [-0.39, 0.29) is 17.7 Å². The molecule has 0 radical (unpaired) electrons. The number of hydrogen-bond acceptors (Lipinski definition) is 6. The molecule has 3 atom stereocenters. The predicted octanol–water partition coefficient (Wildman–Crippen LogP) is 4.52.